The van der Waals surface area contributed by atoms with Gasteiger partial charge in [0.15, 0.2) is 5.82 Å². The number of hydrogen-bond donors (Lipinski definition) is 0. The van der Waals surface area contributed by atoms with Gasteiger partial charge in [0.05, 0.1) is 5.52 Å². The highest BCUT2D eigenvalue weighted by Crippen LogP contribution is 2.35. The number of pyridine rings is 1. The fourth-order valence-electron chi connectivity index (χ4n) is 4.97. The molecule has 0 bridgehead atoms. The number of carbonyl (C=O) groups is 1. The Bertz CT molecular complexity index is 1150. The first kappa shape index (κ1) is 20.4. The number of thioether (sulfide) groups is 1. The second-order valence-corrected chi connectivity index (χ2v) is 9.75. The third-order valence-corrected chi connectivity index (χ3v) is 7.80. The van der Waals surface area contributed by atoms with E-state index in [0.717, 1.165) is 61.9 Å². The lowest BCUT2D eigenvalue weighted by Gasteiger charge is -2.31. The lowest BCUT2D eigenvalue weighted by atomic mass is 10.00. The summed E-state index contributed by atoms with van der Waals surface area (Å²) in [6.45, 7) is 10.8. The zero-order valence-electron chi connectivity index (χ0n) is 18.6. The van der Waals surface area contributed by atoms with Crippen LogP contribution in [0.5, 0.6) is 0 Å². The Balaban J connectivity index is 1.64. The van der Waals surface area contributed by atoms with Crippen LogP contribution >= 0.6 is 11.8 Å². The van der Waals surface area contributed by atoms with Gasteiger partial charge in [0.1, 0.15) is 5.69 Å². The first-order valence-corrected chi connectivity index (χ1v) is 12.4. The summed E-state index contributed by atoms with van der Waals surface area (Å²) >= 11 is 1.92. The minimum absolute atomic E-state index is 0.0714. The number of fused-ring (bicyclic) bond motifs is 2. The van der Waals surface area contributed by atoms with Crippen molar-refractivity contribution in [3.63, 3.8) is 0 Å². The first-order chi connectivity index (χ1) is 15.1. The van der Waals surface area contributed by atoms with E-state index in [0.29, 0.717) is 5.69 Å². The van der Waals surface area contributed by atoms with Gasteiger partial charge in [-0.1, -0.05) is 24.3 Å². The van der Waals surface area contributed by atoms with Crippen molar-refractivity contribution in [2.24, 2.45) is 0 Å². The molecular weight excluding hydrogens is 404 g/mol. The molecule has 0 saturated carbocycles. The van der Waals surface area contributed by atoms with Crippen molar-refractivity contribution in [1.29, 1.82) is 0 Å². The molecule has 1 fully saturated rings. The molecule has 0 atom stereocenters. The molecule has 6 heteroatoms. The molecule has 5 rings (SSSR count). The summed E-state index contributed by atoms with van der Waals surface area (Å²) in [7, 11) is 0. The van der Waals surface area contributed by atoms with Crippen molar-refractivity contribution in [3.8, 4) is 0 Å². The highest BCUT2D eigenvalue weighted by atomic mass is 32.2. The summed E-state index contributed by atoms with van der Waals surface area (Å²) in [5.41, 5.74) is 7.05. The van der Waals surface area contributed by atoms with Gasteiger partial charge in [-0.25, -0.2) is 4.98 Å². The molecular formula is C25H30N4OS. The van der Waals surface area contributed by atoms with Crippen molar-refractivity contribution < 1.29 is 4.79 Å². The van der Waals surface area contributed by atoms with Crippen LogP contribution < -0.4 is 4.90 Å². The molecule has 0 unspecified atom stereocenters. The number of nitrogens with zero attached hydrogens (tertiary/aromatic N) is 4. The summed E-state index contributed by atoms with van der Waals surface area (Å²) in [5, 5.41) is 1.16. The van der Waals surface area contributed by atoms with Crippen LogP contribution in [-0.4, -0.2) is 51.5 Å². The number of carbonyl (C=O) groups excluding carboxylic acids is 1. The third-order valence-electron chi connectivity index (χ3n) is 6.86. The fourth-order valence-corrected chi connectivity index (χ4v) is 5.88. The average molecular weight is 435 g/mol. The average Bonchev–Trinajstić information content (AvgIpc) is 3.07. The topological polar surface area (TPSA) is 41.4 Å². The molecule has 5 nitrogen and oxygen atoms in total. The Hall–Kier alpha value is -2.47. The van der Waals surface area contributed by atoms with Gasteiger partial charge >= 0.3 is 0 Å². The number of benzene rings is 1. The maximum atomic E-state index is 13.4. The number of aromatic nitrogens is 2. The van der Waals surface area contributed by atoms with Gasteiger partial charge in [0.25, 0.3) is 5.91 Å². The van der Waals surface area contributed by atoms with Crippen molar-refractivity contribution in [2.45, 2.75) is 40.3 Å². The van der Waals surface area contributed by atoms with E-state index in [9.17, 15) is 4.79 Å². The SMILES string of the molecule is CCn1c(C)c(C)c2cc(C(=O)N3CCSCC3)nc(N3CCc4ccccc4C3)c21. The van der Waals surface area contributed by atoms with Gasteiger partial charge in [-0.2, -0.15) is 11.8 Å². The lowest BCUT2D eigenvalue weighted by molar-refractivity contribution is 0.0766. The third kappa shape index (κ3) is 3.51. The van der Waals surface area contributed by atoms with E-state index < -0.39 is 0 Å². The van der Waals surface area contributed by atoms with Gasteiger partial charge in [-0.05, 0) is 49.9 Å². The molecule has 1 amide bonds. The van der Waals surface area contributed by atoms with E-state index in [1.54, 1.807) is 0 Å². The van der Waals surface area contributed by atoms with Gasteiger partial charge < -0.3 is 14.4 Å². The summed E-state index contributed by atoms with van der Waals surface area (Å²) in [6.07, 6.45) is 1.01. The van der Waals surface area contributed by atoms with Gasteiger partial charge in [0, 0.05) is 55.3 Å². The second-order valence-electron chi connectivity index (χ2n) is 8.53. The predicted octanol–water partition coefficient (Wildman–Crippen LogP) is 4.42. The second kappa shape index (κ2) is 8.23. The van der Waals surface area contributed by atoms with E-state index in [1.807, 2.05) is 22.7 Å². The molecule has 0 aliphatic carbocycles. The summed E-state index contributed by atoms with van der Waals surface area (Å²) < 4.78 is 2.36. The quantitative estimate of drug-likeness (QED) is 0.612. The van der Waals surface area contributed by atoms with Crippen LogP contribution in [-0.2, 0) is 19.5 Å². The normalized spacial score (nSPS) is 16.6. The number of amides is 1. The standard InChI is InChI=1S/C25H30N4OS/c1-4-29-18(3)17(2)21-15-22(25(30)27-11-13-31-14-12-27)26-24(23(21)29)28-10-9-19-7-5-6-8-20(19)16-28/h5-8,15H,4,9-14,16H2,1-3H3. The highest BCUT2D eigenvalue weighted by Gasteiger charge is 2.27. The maximum absolute atomic E-state index is 13.4. The summed E-state index contributed by atoms with van der Waals surface area (Å²) in [5.74, 6) is 3.05. The molecule has 4 heterocycles. The minimum atomic E-state index is 0.0714. The Labute approximate surface area is 188 Å². The minimum Gasteiger partial charge on any atom is -0.350 e. The zero-order chi connectivity index (χ0) is 21.5. The number of hydrogen-bond acceptors (Lipinski definition) is 4. The van der Waals surface area contributed by atoms with Crippen molar-refractivity contribution >= 4 is 34.4 Å². The Morgan fingerprint density at radius 1 is 1.10 bits per heavy atom. The summed E-state index contributed by atoms with van der Waals surface area (Å²) in [6, 6.07) is 10.7. The van der Waals surface area contributed by atoms with Gasteiger partial charge in [-0.15, -0.1) is 0 Å². The van der Waals surface area contributed by atoms with E-state index in [1.165, 1.54) is 27.9 Å². The molecule has 31 heavy (non-hydrogen) atoms. The highest BCUT2D eigenvalue weighted by molar-refractivity contribution is 7.99. The van der Waals surface area contributed by atoms with Crippen molar-refractivity contribution in [2.75, 3.05) is 36.0 Å². The fraction of sp³-hybridized carbons (Fsp3) is 0.440. The Kier molecular flexibility index (Phi) is 5.42. The van der Waals surface area contributed by atoms with Gasteiger partial charge in [-0.3, -0.25) is 4.79 Å². The van der Waals surface area contributed by atoms with Gasteiger partial charge in [0.2, 0.25) is 0 Å². The van der Waals surface area contributed by atoms with E-state index >= 15 is 0 Å². The smallest absolute Gasteiger partial charge is 0.272 e. The van der Waals surface area contributed by atoms with Crippen LogP contribution in [0.1, 0.15) is 39.8 Å². The van der Waals surface area contributed by atoms with E-state index in [4.69, 9.17) is 4.98 Å². The Morgan fingerprint density at radius 2 is 1.84 bits per heavy atom. The van der Waals surface area contributed by atoms with Crippen LogP contribution in [0.15, 0.2) is 30.3 Å². The molecule has 2 aliphatic heterocycles. The Morgan fingerprint density at radius 3 is 2.58 bits per heavy atom. The monoisotopic (exact) mass is 434 g/mol. The largest absolute Gasteiger partial charge is 0.350 e. The van der Waals surface area contributed by atoms with Crippen LogP contribution in [0.4, 0.5) is 5.82 Å². The molecule has 1 saturated heterocycles. The molecule has 0 N–H and O–H groups in total. The first-order valence-electron chi connectivity index (χ1n) is 11.3. The van der Waals surface area contributed by atoms with Crippen molar-refractivity contribution in [3.05, 3.63) is 58.4 Å². The van der Waals surface area contributed by atoms with Crippen molar-refractivity contribution in [1.82, 2.24) is 14.5 Å². The molecule has 0 radical (unpaired) electrons. The van der Waals surface area contributed by atoms with E-state index in [-0.39, 0.29) is 5.91 Å². The molecule has 2 aromatic heterocycles. The van der Waals surface area contributed by atoms with Crippen LogP contribution in [0.25, 0.3) is 10.9 Å². The number of rotatable bonds is 3. The van der Waals surface area contributed by atoms with E-state index in [2.05, 4.69) is 54.5 Å². The number of aryl methyl sites for hydroxylation is 2. The zero-order valence-corrected chi connectivity index (χ0v) is 19.5. The van der Waals surface area contributed by atoms with Crippen LogP contribution in [0.3, 0.4) is 0 Å². The maximum Gasteiger partial charge on any atom is 0.272 e. The molecule has 1 aromatic carbocycles. The molecule has 3 aromatic rings. The molecule has 162 valence electrons. The molecule has 2 aliphatic rings. The van der Waals surface area contributed by atoms with Crippen LogP contribution in [0.2, 0.25) is 0 Å². The van der Waals surface area contributed by atoms with Crippen LogP contribution in [0, 0.1) is 13.8 Å². The predicted molar refractivity (Wildman–Crippen MR) is 129 cm³/mol. The lowest BCUT2D eigenvalue weighted by Crippen LogP contribution is -2.38. The summed E-state index contributed by atoms with van der Waals surface area (Å²) in [4.78, 5) is 22.8. The molecule has 0 spiro atoms. The number of anilines is 1.